The zero-order valence-corrected chi connectivity index (χ0v) is 11.9. The van der Waals surface area contributed by atoms with Crippen LogP contribution in [-0.2, 0) is 0 Å². The van der Waals surface area contributed by atoms with Gasteiger partial charge in [0.25, 0.3) is 0 Å². The molecule has 5 nitrogen and oxygen atoms in total. The van der Waals surface area contributed by atoms with Crippen LogP contribution in [0.15, 0.2) is 23.4 Å². The number of nitrogens with two attached hydrogens (primary N) is 1. The number of benzene rings is 1. The third-order valence-corrected chi connectivity index (χ3v) is 4.01. The van der Waals surface area contributed by atoms with E-state index in [0.717, 1.165) is 36.2 Å². The zero-order chi connectivity index (χ0) is 14.5. The van der Waals surface area contributed by atoms with Crippen LogP contribution in [0, 0.1) is 6.92 Å². The predicted octanol–water partition coefficient (Wildman–Crippen LogP) is 1.83. The normalized spacial score (nSPS) is 20.2. The summed E-state index contributed by atoms with van der Waals surface area (Å²) in [5.41, 5.74) is 8.55. The Hall–Kier alpha value is -1.75. The highest BCUT2D eigenvalue weighted by Gasteiger charge is 2.22. The number of hydrogen-bond acceptors (Lipinski definition) is 4. The van der Waals surface area contributed by atoms with Crippen LogP contribution in [0.25, 0.3) is 0 Å². The molecular weight excluding hydrogens is 254 g/mol. The number of aliphatic hydroxyl groups is 1. The average Bonchev–Trinajstić information content (AvgIpc) is 2.47. The minimum absolute atomic E-state index is 0.139. The van der Waals surface area contributed by atoms with Gasteiger partial charge in [0.2, 0.25) is 0 Å². The molecule has 1 heterocycles. The van der Waals surface area contributed by atoms with Crippen LogP contribution in [0.5, 0.6) is 0 Å². The molecule has 1 fully saturated rings. The van der Waals surface area contributed by atoms with E-state index >= 15 is 0 Å². The lowest BCUT2D eigenvalue weighted by atomic mass is 9.97. The summed E-state index contributed by atoms with van der Waals surface area (Å²) < 4.78 is 0. The Labute approximate surface area is 119 Å². The second-order valence-corrected chi connectivity index (χ2v) is 5.34. The van der Waals surface area contributed by atoms with Gasteiger partial charge in [-0.15, -0.1) is 0 Å². The third kappa shape index (κ3) is 3.04. The number of anilines is 1. The molecule has 2 rings (SSSR count). The van der Waals surface area contributed by atoms with E-state index in [4.69, 9.17) is 10.9 Å². The molecule has 0 spiro atoms. The topological polar surface area (TPSA) is 82.1 Å². The van der Waals surface area contributed by atoms with Crippen LogP contribution < -0.4 is 10.6 Å². The van der Waals surface area contributed by atoms with Crippen molar-refractivity contribution in [3.8, 4) is 0 Å². The van der Waals surface area contributed by atoms with Gasteiger partial charge < -0.3 is 20.9 Å². The number of amidine groups is 1. The smallest absolute Gasteiger partial charge is 0.170 e. The Morgan fingerprint density at radius 3 is 2.90 bits per heavy atom. The Balaban J connectivity index is 2.25. The highest BCUT2D eigenvalue weighted by Crippen LogP contribution is 2.28. The van der Waals surface area contributed by atoms with Crippen molar-refractivity contribution in [1.82, 2.24) is 0 Å². The molecular formula is C15H23N3O2. The lowest BCUT2D eigenvalue weighted by Gasteiger charge is -2.37. The van der Waals surface area contributed by atoms with Crippen molar-refractivity contribution in [2.45, 2.75) is 38.6 Å². The second kappa shape index (κ2) is 6.61. The number of hydrogen-bond donors (Lipinski definition) is 3. The molecule has 4 N–H and O–H groups in total. The summed E-state index contributed by atoms with van der Waals surface area (Å²) in [6.07, 6.45) is 4.34. The van der Waals surface area contributed by atoms with Crippen molar-refractivity contribution in [2.24, 2.45) is 10.9 Å². The lowest BCUT2D eigenvalue weighted by molar-refractivity contribution is 0.262. The van der Waals surface area contributed by atoms with Crippen molar-refractivity contribution in [3.05, 3.63) is 29.3 Å². The first-order valence-corrected chi connectivity index (χ1v) is 7.13. The number of rotatable bonds is 4. The van der Waals surface area contributed by atoms with E-state index in [1.807, 2.05) is 19.1 Å². The van der Waals surface area contributed by atoms with Gasteiger partial charge in [-0.05, 0) is 56.4 Å². The van der Waals surface area contributed by atoms with Crippen LogP contribution in [0.3, 0.4) is 0 Å². The number of aryl methyl sites for hydroxylation is 1. The molecule has 0 radical (unpaired) electrons. The first-order chi connectivity index (χ1) is 9.67. The van der Waals surface area contributed by atoms with Crippen LogP contribution in [0.4, 0.5) is 5.69 Å². The highest BCUT2D eigenvalue weighted by atomic mass is 16.4. The van der Waals surface area contributed by atoms with Crippen molar-refractivity contribution in [3.63, 3.8) is 0 Å². The minimum Gasteiger partial charge on any atom is -0.409 e. The first kappa shape index (κ1) is 14.7. The van der Waals surface area contributed by atoms with E-state index in [9.17, 15) is 5.11 Å². The van der Waals surface area contributed by atoms with Crippen molar-refractivity contribution in [2.75, 3.05) is 18.1 Å². The van der Waals surface area contributed by atoms with Gasteiger partial charge in [0.05, 0.1) is 0 Å². The van der Waals surface area contributed by atoms with Gasteiger partial charge in [-0.1, -0.05) is 5.16 Å². The van der Waals surface area contributed by atoms with E-state index < -0.39 is 0 Å². The SMILES string of the molecule is Cc1cc(N2CCCCC2CCO)ccc1/C(N)=N/O. The molecule has 1 aromatic carbocycles. The lowest BCUT2D eigenvalue weighted by Crippen LogP contribution is -2.40. The molecule has 1 saturated heterocycles. The van der Waals surface area contributed by atoms with Crippen molar-refractivity contribution in [1.29, 1.82) is 0 Å². The number of aliphatic hydroxyl groups excluding tert-OH is 1. The largest absolute Gasteiger partial charge is 0.409 e. The van der Waals surface area contributed by atoms with E-state index in [2.05, 4.69) is 16.1 Å². The Morgan fingerprint density at radius 1 is 1.45 bits per heavy atom. The molecule has 1 aromatic rings. The standard InChI is InChI=1S/C15H23N3O2/c1-11-10-13(5-6-14(11)15(16)17-20)18-8-3-2-4-12(18)7-9-19/h5-6,10,12,19-20H,2-4,7-9H2,1H3,(H2,16,17). The summed E-state index contributed by atoms with van der Waals surface area (Å²) in [5.74, 6) is 0.139. The van der Waals surface area contributed by atoms with E-state index in [1.54, 1.807) is 0 Å². The summed E-state index contributed by atoms with van der Waals surface area (Å²) in [7, 11) is 0. The summed E-state index contributed by atoms with van der Waals surface area (Å²) >= 11 is 0. The fourth-order valence-corrected chi connectivity index (χ4v) is 2.96. The van der Waals surface area contributed by atoms with E-state index in [1.165, 1.54) is 12.8 Å². The molecule has 1 unspecified atom stereocenters. The molecule has 0 saturated carbocycles. The fourth-order valence-electron chi connectivity index (χ4n) is 2.96. The number of piperidine rings is 1. The molecule has 1 aliphatic heterocycles. The second-order valence-electron chi connectivity index (χ2n) is 5.34. The quantitative estimate of drug-likeness (QED) is 0.339. The molecule has 0 aliphatic carbocycles. The Bertz CT molecular complexity index is 486. The van der Waals surface area contributed by atoms with Gasteiger partial charge in [0.15, 0.2) is 5.84 Å². The summed E-state index contributed by atoms with van der Waals surface area (Å²) in [6.45, 7) is 3.21. The maximum Gasteiger partial charge on any atom is 0.170 e. The van der Waals surface area contributed by atoms with Gasteiger partial charge in [0.1, 0.15) is 0 Å². The maximum absolute atomic E-state index is 9.20. The number of nitrogens with zero attached hydrogens (tertiary/aromatic N) is 2. The van der Waals surface area contributed by atoms with Crippen LogP contribution >= 0.6 is 0 Å². The molecule has 5 heteroatoms. The molecule has 0 bridgehead atoms. The molecule has 110 valence electrons. The Morgan fingerprint density at radius 2 is 2.25 bits per heavy atom. The summed E-state index contributed by atoms with van der Waals surface area (Å²) in [4.78, 5) is 2.36. The monoisotopic (exact) mass is 277 g/mol. The Kier molecular flexibility index (Phi) is 4.84. The van der Waals surface area contributed by atoms with Crippen molar-refractivity contribution >= 4 is 11.5 Å². The zero-order valence-electron chi connectivity index (χ0n) is 11.9. The first-order valence-electron chi connectivity index (χ1n) is 7.13. The van der Waals surface area contributed by atoms with Gasteiger partial charge in [-0.3, -0.25) is 0 Å². The predicted molar refractivity (Wildman–Crippen MR) is 80.4 cm³/mol. The van der Waals surface area contributed by atoms with Gasteiger partial charge in [-0.2, -0.15) is 0 Å². The van der Waals surface area contributed by atoms with E-state index in [0.29, 0.717) is 6.04 Å². The van der Waals surface area contributed by atoms with Gasteiger partial charge in [0, 0.05) is 30.4 Å². The minimum atomic E-state index is 0.139. The molecule has 0 aromatic heterocycles. The molecule has 0 amide bonds. The molecule has 1 atom stereocenters. The summed E-state index contributed by atoms with van der Waals surface area (Å²) in [6, 6.07) is 6.38. The van der Waals surface area contributed by atoms with E-state index in [-0.39, 0.29) is 12.4 Å². The van der Waals surface area contributed by atoms with Crippen LogP contribution in [-0.4, -0.2) is 35.3 Å². The van der Waals surface area contributed by atoms with Crippen LogP contribution in [0.1, 0.15) is 36.8 Å². The maximum atomic E-state index is 9.20. The molecule has 20 heavy (non-hydrogen) atoms. The van der Waals surface area contributed by atoms with Crippen LogP contribution in [0.2, 0.25) is 0 Å². The van der Waals surface area contributed by atoms with Gasteiger partial charge >= 0.3 is 0 Å². The highest BCUT2D eigenvalue weighted by molar-refractivity contribution is 5.98. The van der Waals surface area contributed by atoms with Gasteiger partial charge in [-0.25, -0.2) is 0 Å². The summed E-state index contributed by atoms with van der Waals surface area (Å²) in [5, 5.41) is 21.0. The molecule has 1 aliphatic rings. The fraction of sp³-hybridized carbons (Fsp3) is 0.533. The number of oxime groups is 1. The average molecular weight is 277 g/mol. The van der Waals surface area contributed by atoms with Crippen molar-refractivity contribution < 1.29 is 10.3 Å². The third-order valence-electron chi connectivity index (χ3n) is 4.01.